The average molecular weight is 314 g/mol. The van der Waals surface area contributed by atoms with E-state index in [9.17, 15) is 9.59 Å². The normalized spacial score (nSPS) is 13.3. The molecule has 0 amide bonds. The minimum Gasteiger partial charge on any atom is -0.481 e. The molecule has 0 aliphatic rings. The van der Waals surface area contributed by atoms with E-state index in [0.717, 1.165) is 12.8 Å². The summed E-state index contributed by atoms with van der Waals surface area (Å²) in [7, 11) is 5.83. The molecule has 1 atom stereocenters. The van der Waals surface area contributed by atoms with Crippen LogP contribution in [-0.2, 0) is 14.3 Å². The SMILES string of the molecule is CCCCCC/C=C\CC(=O)O[C@H](CC(=O)O)C[N+](C)(C)C. The summed E-state index contributed by atoms with van der Waals surface area (Å²) in [4.78, 5) is 22.6. The van der Waals surface area contributed by atoms with Crippen molar-refractivity contribution in [3.05, 3.63) is 12.2 Å². The first-order valence-electron chi connectivity index (χ1n) is 8.11. The van der Waals surface area contributed by atoms with Crippen LogP contribution in [0.15, 0.2) is 12.2 Å². The van der Waals surface area contributed by atoms with Gasteiger partial charge in [0.15, 0.2) is 6.10 Å². The van der Waals surface area contributed by atoms with Gasteiger partial charge >= 0.3 is 11.9 Å². The number of ether oxygens (including phenoxy) is 1. The standard InChI is InChI=1S/C17H31NO4/c1-5-6-7-8-9-10-11-12-17(21)22-15(13-16(19)20)14-18(2,3)4/h10-11,15H,5-9,12-14H2,1-4H3/p+1/b11-10-/t15-/m1/s1. The number of nitrogens with zero attached hydrogens (tertiary/aromatic N) is 1. The first-order chi connectivity index (χ1) is 10.2. The van der Waals surface area contributed by atoms with Crippen molar-refractivity contribution in [3.8, 4) is 0 Å². The molecular formula is C17H32NO4+. The van der Waals surface area contributed by atoms with Crippen LogP contribution in [0.3, 0.4) is 0 Å². The molecule has 0 saturated carbocycles. The van der Waals surface area contributed by atoms with Crippen molar-refractivity contribution >= 4 is 11.9 Å². The van der Waals surface area contributed by atoms with E-state index in [1.165, 1.54) is 19.3 Å². The summed E-state index contributed by atoms with van der Waals surface area (Å²) in [6.07, 6.45) is 9.10. The number of hydrogen-bond donors (Lipinski definition) is 1. The molecule has 22 heavy (non-hydrogen) atoms. The van der Waals surface area contributed by atoms with Gasteiger partial charge in [0.1, 0.15) is 6.54 Å². The van der Waals surface area contributed by atoms with Crippen molar-refractivity contribution in [3.63, 3.8) is 0 Å². The smallest absolute Gasteiger partial charge is 0.310 e. The van der Waals surface area contributed by atoms with E-state index in [1.54, 1.807) is 0 Å². The van der Waals surface area contributed by atoms with Gasteiger partial charge in [-0.3, -0.25) is 9.59 Å². The zero-order valence-corrected chi connectivity index (χ0v) is 14.5. The number of carboxylic acids is 1. The van der Waals surface area contributed by atoms with E-state index in [0.29, 0.717) is 11.0 Å². The van der Waals surface area contributed by atoms with Crippen LogP contribution in [0.1, 0.15) is 51.9 Å². The zero-order valence-electron chi connectivity index (χ0n) is 14.5. The Kier molecular flexibility index (Phi) is 10.5. The maximum absolute atomic E-state index is 11.8. The monoisotopic (exact) mass is 314 g/mol. The first-order valence-corrected chi connectivity index (χ1v) is 8.11. The Morgan fingerprint density at radius 1 is 1.14 bits per heavy atom. The van der Waals surface area contributed by atoms with Gasteiger partial charge in [-0.15, -0.1) is 0 Å². The predicted molar refractivity (Wildman–Crippen MR) is 87.5 cm³/mol. The molecule has 5 heteroatoms. The molecule has 0 aliphatic heterocycles. The highest BCUT2D eigenvalue weighted by Gasteiger charge is 2.24. The molecule has 0 saturated heterocycles. The minimum atomic E-state index is -0.947. The number of aliphatic carboxylic acids is 1. The highest BCUT2D eigenvalue weighted by atomic mass is 16.5. The van der Waals surface area contributed by atoms with Crippen LogP contribution in [0.4, 0.5) is 0 Å². The van der Waals surface area contributed by atoms with Crippen molar-refractivity contribution in [1.82, 2.24) is 0 Å². The number of unbranched alkanes of at least 4 members (excludes halogenated alkanes) is 4. The zero-order chi connectivity index (χ0) is 17.0. The van der Waals surface area contributed by atoms with Gasteiger partial charge in [0, 0.05) is 0 Å². The Morgan fingerprint density at radius 3 is 2.36 bits per heavy atom. The van der Waals surface area contributed by atoms with Crippen LogP contribution in [0, 0.1) is 0 Å². The van der Waals surface area contributed by atoms with Crippen LogP contribution >= 0.6 is 0 Å². The summed E-state index contributed by atoms with van der Waals surface area (Å²) in [6.45, 7) is 2.66. The largest absolute Gasteiger partial charge is 0.481 e. The molecule has 0 aromatic carbocycles. The lowest BCUT2D eigenvalue weighted by Gasteiger charge is -2.28. The fourth-order valence-electron chi connectivity index (χ4n) is 2.17. The van der Waals surface area contributed by atoms with Crippen LogP contribution in [0.2, 0.25) is 0 Å². The van der Waals surface area contributed by atoms with Gasteiger partial charge in [-0.05, 0) is 12.8 Å². The van der Waals surface area contributed by atoms with Gasteiger partial charge in [0.25, 0.3) is 0 Å². The van der Waals surface area contributed by atoms with Gasteiger partial charge in [-0.1, -0.05) is 38.3 Å². The van der Waals surface area contributed by atoms with E-state index in [-0.39, 0.29) is 18.8 Å². The number of esters is 1. The summed E-state index contributed by atoms with van der Waals surface area (Å²) < 4.78 is 5.85. The number of likely N-dealkylation sites (N-methyl/N-ethyl adjacent to an activating group) is 1. The second-order valence-electron chi connectivity index (χ2n) is 6.71. The molecule has 0 fully saturated rings. The third kappa shape index (κ3) is 13.6. The number of hydrogen-bond acceptors (Lipinski definition) is 3. The molecule has 128 valence electrons. The lowest BCUT2D eigenvalue weighted by Crippen LogP contribution is -2.43. The molecule has 0 aromatic rings. The number of carbonyl (C=O) groups excluding carboxylic acids is 1. The molecule has 0 aliphatic carbocycles. The molecule has 0 radical (unpaired) electrons. The number of allylic oxidation sites excluding steroid dienone is 1. The lowest BCUT2D eigenvalue weighted by molar-refractivity contribution is -0.873. The van der Waals surface area contributed by atoms with Gasteiger partial charge in [0.05, 0.1) is 34.0 Å². The molecule has 0 rings (SSSR count). The molecule has 0 heterocycles. The fraction of sp³-hybridized carbons (Fsp3) is 0.765. The first kappa shape index (κ1) is 20.6. The molecule has 0 unspecified atom stereocenters. The summed E-state index contributed by atoms with van der Waals surface area (Å²) in [5, 5.41) is 8.90. The van der Waals surface area contributed by atoms with Gasteiger partial charge in [0.2, 0.25) is 0 Å². The van der Waals surface area contributed by atoms with Crippen molar-refractivity contribution < 1.29 is 23.9 Å². The van der Waals surface area contributed by atoms with Crippen molar-refractivity contribution in [2.45, 2.75) is 58.0 Å². The van der Waals surface area contributed by atoms with Crippen LogP contribution in [0.25, 0.3) is 0 Å². The third-order valence-electron chi connectivity index (χ3n) is 3.13. The Labute approximate surface area is 134 Å². The summed E-state index contributed by atoms with van der Waals surface area (Å²) in [6, 6.07) is 0. The number of carboxylic acid groups (broad SMARTS) is 1. The maximum Gasteiger partial charge on any atom is 0.310 e. The number of quaternary nitrogens is 1. The Balaban J connectivity index is 4.11. The van der Waals surface area contributed by atoms with Gasteiger partial charge < -0.3 is 14.3 Å². The summed E-state index contributed by atoms with van der Waals surface area (Å²) in [5.74, 6) is -1.30. The highest BCUT2D eigenvalue weighted by Crippen LogP contribution is 2.07. The van der Waals surface area contributed by atoms with Crippen LogP contribution in [-0.4, -0.2) is 55.3 Å². The minimum absolute atomic E-state index is 0.151. The van der Waals surface area contributed by atoms with E-state index in [2.05, 4.69) is 6.92 Å². The topological polar surface area (TPSA) is 63.6 Å². The molecule has 0 aromatic heterocycles. The van der Waals surface area contributed by atoms with Crippen molar-refractivity contribution in [2.75, 3.05) is 27.7 Å². The second kappa shape index (κ2) is 11.2. The Hall–Kier alpha value is -1.36. The maximum atomic E-state index is 11.8. The van der Waals surface area contributed by atoms with E-state index < -0.39 is 12.1 Å². The van der Waals surface area contributed by atoms with Crippen molar-refractivity contribution in [1.29, 1.82) is 0 Å². The van der Waals surface area contributed by atoms with Crippen molar-refractivity contribution in [2.24, 2.45) is 0 Å². The summed E-state index contributed by atoms with van der Waals surface area (Å²) >= 11 is 0. The fourth-order valence-corrected chi connectivity index (χ4v) is 2.17. The van der Waals surface area contributed by atoms with Crippen LogP contribution < -0.4 is 0 Å². The quantitative estimate of drug-likeness (QED) is 0.260. The second-order valence-corrected chi connectivity index (χ2v) is 6.71. The predicted octanol–water partition coefficient (Wildman–Crippen LogP) is 3.00. The van der Waals surface area contributed by atoms with Crippen LogP contribution in [0.5, 0.6) is 0 Å². The molecule has 5 nitrogen and oxygen atoms in total. The van der Waals surface area contributed by atoms with Gasteiger partial charge in [-0.2, -0.15) is 0 Å². The highest BCUT2D eigenvalue weighted by molar-refractivity contribution is 5.72. The number of carbonyl (C=O) groups is 2. The van der Waals surface area contributed by atoms with E-state index in [1.807, 2.05) is 33.3 Å². The molecule has 0 spiro atoms. The molecule has 1 N–H and O–H groups in total. The third-order valence-corrected chi connectivity index (χ3v) is 3.13. The van der Waals surface area contributed by atoms with E-state index in [4.69, 9.17) is 9.84 Å². The Morgan fingerprint density at radius 2 is 1.82 bits per heavy atom. The molecular weight excluding hydrogens is 282 g/mol. The van der Waals surface area contributed by atoms with Gasteiger partial charge in [-0.25, -0.2) is 0 Å². The van der Waals surface area contributed by atoms with E-state index >= 15 is 0 Å². The average Bonchev–Trinajstić information content (AvgIpc) is 2.34. The lowest BCUT2D eigenvalue weighted by atomic mass is 10.1. The molecule has 0 bridgehead atoms. The number of rotatable bonds is 12. The Bertz CT molecular complexity index is 358. The summed E-state index contributed by atoms with van der Waals surface area (Å²) in [5.41, 5.74) is 0.